The van der Waals surface area contributed by atoms with E-state index >= 15 is 0 Å². The molecule has 112 valence electrons. The normalized spacial score (nSPS) is 10.9. The van der Waals surface area contributed by atoms with Crippen molar-refractivity contribution in [1.29, 1.82) is 0 Å². The summed E-state index contributed by atoms with van der Waals surface area (Å²) in [5, 5.41) is 3.40. The lowest BCUT2D eigenvalue weighted by atomic mass is 10.0. The van der Waals surface area contributed by atoms with Gasteiger partial charge in [0.1, 0.15) is 12.4 Å². The van der Waals surface area contributed by atoms with E-state index in [0.29, 0.717) is 12.5 Å². The summed E-state index contributed by atoms with van der Waals surface area (Å²) < 4.78 is 6.73. The molecular formula is C18H22BrNO. The summed E-state index contributed by atoms with van der Waals surface area (Å²) in [7, 11) is 0. The Morgan fingerprint density at radius 1 is 1.00 bits per heavy atom. The van der Waals surface area contributed by atoms with Gasteiger partial charge in [0.05, 0.1) is 0 Å². The van der Waals surface area contributed by atoms with Crippen LogP contribution in [0.5, 0.6) is 5.75 Å². The zero-order valence-corrected chi connectivity index (χ0v) is 14.2. The van der Waals surface area contributed by atoms with Gasteiger partial charge in [-0.05, 0) is 41.3 Å². The zero-order valence-electron chi connectivity index (χ0n) is 12.6. The summed E-state index contributed by atoms with van der Waals surface area (Å²) in [4.78, 5) is 0. The number of rotatable bonds is 7. The third-order valence-corrected chi connectivity index (χ3v) is 3.87. The molecule has 0 unspecified atom stereocenters. The van der Waals surface area contributed by atoms with Crippen molar-refractivity contribution in [2.45, 2.75) is 26.3 Å². The van der Waals surface area contributed by atoms with Gasteiger partial charge in [-0.2, -0.15) is 0 Å². The zero-order chi connectivity index (χ0) is 15.1. The fourth-order valence-corrected chi connectivity index (χ4v) is 2.29. The van der Waals surface area contributed by atoms with Crippen molar-refractivity contribution in [3.63, 3.8) is 0 Å². The van der Waals surface area contributed by atoms with Crippen LogP contribution in [0.2, 0.25) is 0 Å². The molecule has 0 saturated carbocycles. The first kappa shape index (κ1) is 16.1. The quantitative estimate of drug-likeness (QED) is 0.730. The van der Waals surface area contributed by atoms with Crippen LogP contribution in [0, 0.1) is 0 Å². The van der Waals surface area contributed by atoms with Crippen LogP contribution < -0.4 is 10.1 Å². The van der Waals surface area contributed by atoms with Gasteiger partial charge >= 0.3 is 0 Å². The van der Waals surface area contributed by atoms with Crippen molar-refractivity contribution < 1.29 is 4.74 Å². The number of ether oxygens (including phenoxy) is 1. The SMILES string of the molecule is CC(C)c1ccc(CNCCOc2ccc(Br)cc2)cc1. The van der Waals surface area contributed by atoms with Crippen molar-refractivity contribution in [2.24, 2.45) is 0 Å². The molecular weight excluding hydrogens is 326 g/mol. The number of hydrogen-bond acceptors (Lipinski definition) is 2. The molecule has 0 atom stereocenters. The molecule has 0 aliphatic heterocycles. The van der Waals surface area contributed by atoms with Crippen molar-refractivity contribution in [3.8, 4) is 5.75 Å². The second kappa shape index (κ2) is 8.20. The highest BCUT2D eigenvalue weighted by molar-refractivity contribution is 9.10. The lowest BCUT2D eigenvalue weighted by Crippen LogP contribution is -2.20. The monoisotopic (exact) mass is 347 g/mol. The van der Waals surface area contributed by atoms with Gasteiger partial charge < -0.3 is 10.1 Å². The molecule has 21 heavy (non-hydrogen) atoms. The summed E-state index contributed by atoms with van der Waals surface area (Å²) >= 11 is 3.41. The molecule has 0 aliphatic carbocycles. The molecule has 0 aliphatic rings. The van der Waals surface area contributed by atoms with E-state index in [1.165, 1.54) is 11.1 Å². The lowest BCUT2D eigenvalue weighted by molar-refractivity contribution is 0.313. The first-order valence-corrected chi connectivity index (χ1v) is 8.12. The van der Waals surface area contributed by atoms with Gasteiger partial charge in [0.25, 0.3) is 0 Å². The first-order chi connectivity index (χ1) is 10.1. The average Bonchev–Trinajstić information content (AvgIpc) is 2.49. The molecule has 0 radical (unpaired) electrons. The molecule has 0 fully saturated rings. The third kappa shape index (κ3) is 5.52. The van der Waals surface area contributed by atoms with E-state index in [1.54, 1.807) is 0 Å². The summed E-state index contributed by atoms with van der Waals surface area (Å²) in [6, 6.07) is 16.7. The Hall–Kier alpha value is -1.32. The number of nitrogens with one attached hydrogen (secondary N) is 1. The number of halogens is 1. The molecule has 2 rings (SSSR count). The average molecular weight is 348 g/mol. The topological polar surface area (TPSA) is 21.3 Å². The summed E-state index contributed by atoms with van der Waals surface area (Å²) in [6.07, 6.45) is 0. The Balaban J connectivity index is 1.66. The fraction of sp³-hybridized carbons (Fsp3) is 0.333. The highest BCUT2D eigenvalue weighted by atomic mass is 79.9. The largest absolute Gasteiger partial charge is 0.492 e. The smallest absolute Gasteiger partial charge is 0.119 e. The van der Waals surface area contributed by atoms with Crippen molar-refractivity contribution >= 4 is 15.9 Å². The Labute approximate surface area is 135 Å². The maximum Gasteiger partial charge on any atom is 0.119 e. The highest BCUT2D eigenvalue weighted by Crippen LogP contribution is 2.16. The predicted octanol–water partition coefficient (Wildman–Crippen LogP) is 4.74. The maximum atomic E-state index is 5.67. The van der Waals surface area contributed by atoms with E-state index in [1.807, 2.05) is 24.3 Å². The Morgan fingerprint density at radius 3 is 2.29 bits per heavy atom. The van der Waals surface area contributed by atoms with Crippen LogP contribution in [0.3, 0.4) is 0 Å². The molecule has 0 amide bonds. The number of benzene rings is 2. The van der Waals surface area contributed by atoms with Crippen LogP contribution in [0.25, 0.3) is 0 Å². The lowest BCUT2D eigenvalue weighted by Gasteiger charge is -2.09. The Bertz CT molecular complexity index is 534. The third-order valence-electron chi connectivity index (χ3n) is 3.34. The van der Waals surface area contributed by atoms with Gasteiger partial charge in [0.15, 0.2) is 0 Å². The Kier molecular flexibility index (Phi) is 6.27. The second-order valence-corrected chi connectivity index (χ2v) is 6.29. The first-order valence-electron chi connectivity index (χ1n) is 7.33. The highest BCUT2D eigenvalue weighted by Gasteiger charge is 1.99. The van der Waals surface area contributed by atoms with E-state index in [0.717, 1.165) is 23.3 Å². The van der Waals surface area contributed by atoms with Gasteiger partial charge in [-0.3, -0.25) is 0 Å². The molecule has 2 aromatic carbocycles. The van der Waals surface area contributed by atoms with Crippen molar-refractivity contribution in [2.75, 3.05) is 13.2 Å². The standard InChI is InChI=1S/C18H22BrNO/c1-14(2)16-5-3-15(4-6-16)13-20-11-12-21-18-9-7-17(19)8-10-18/h3-10,14,20H,11-13H2,1-2H3. The van der Waals surface area contributed by atoms with E-state index in [2.05, 4.69) is 59.4 Å². The van der Waals surface area contributed by atoms with E-state index in [4.69, 9.17) is 4.74 Å². The predicted molar refractivity (Wildman–Crippen MR) is 91.9 cm³/mol. The van der Waals surface area contributed by atoms with Gasteiger partial charge in [0.2, 0.25) is 0 Å². The van der Waals surface area contributed by atoms with Crippen LogP contribution in [0.15, 0.2) is 53.0 Å². The number of hydrogen-bond donors (Lipinski definition) is 1. The summed E-state index contributed by atoms with van der Waals surface area (Å²) in [5.74, 6) is 1.49. The van der Waals surface area contributed by atoms with Crippen LogP contribution in [0.1, 0.15) is 30.9 Å². The van der Waals surface area contributed by atoms with E-state index in [9.17, 15) is 0 Å². The van der Waals surface area contributed by atoms with E-state index in [-0.39, 0.29) is 0 Å². The Morgan fingerprint density at radius 2 is 1.67 bits per heavy atom. The molecule has 0 bridgehead atoms. The summed E-state index contributed by atoms with van der Waals surface area (Å²) in [6.45, 7) is 6.81. The molecule has 1 N–H and O–H groups in total. The molecule has 2 nitrogen and oxygen atoms in total. The van der Waals surface area contributed by atoms with Crippen LogP contribution >= 0.6 is 15.9 Å². The van der Waals surface area contributed by atoms with Gasteiger partial charge in [-0.1, -0.05) is 54.0 Å². The van der Waals surface area contributed by atoms with Crippen molar-refractivity contribution in [1.82, 2.24) is 5.32 Å². The minimum atomic E-state index is 0.589. The van der Waals surface area contributed by atoms with Gasteiger partial charge in [-0.15, -0.1) is 0 Å². The molecule has 0 aromatic heterocycles. The molecule has 3 heteroatoms. The van der Waals surface area contributed by atoms with E-state index < -0.39 is 0 Å². The minimum absolute atomic E-state index is 0.589. The molecule has 0 spiro atoms. The summed E-state index contributed by atoms with van der Waals surface area (Å²) in [5.41, 5.74) is 2.69. The minimum Gasteiger partial charge on any atom is -0.492 e. The van der Waals surface area contributed by atoms with Crippen LogP contribution in [-0.2, 0) is 6.54 Å². The van der Waals surface area contributed by atoms with Crippen LogP contribution in [-0.4, -0.2) is 13.2 Å². The van der Waals surface area contributed by atoms with Gasteiger partial charge in [-0.25, -0.2) is 0 Å². The molecule has 2 aromatic rings. The molecule has 0 saturated heterocycles. The van der Waals surface area contributed by atoms with Gasteiger partial charge in [0, 0.05) is 17.6 Å². The maximum absolute atomic E-state index is 5.67. The fourth-order valence-electron chi connectivity index (χ4n) is 2.02. The van der Waals surface area contributed by atoms with Crippen molar-refractivity contribution in [3.05, 3.63) is 64.1 Å². The molecule has 0 heterocycles. The second-order valence-electron chi connectivity index (χ2n) is 5.38. The van der Waals surface area contributed by atoms with Crippen LogP contribution in [0.4, 0.5) is 0 Å².